The number of aromatic amines is 1. The van der Waals surface area contributed by atoms with Crippen LogP contribution < -0.4 is 33.9 Å². The number of halogens is 1. The molecule has 0 fully saturated rings. The maximum absolute atomic E-state index is 9.19. The summed E-state index contributed by atoms with van der Waals surface area (Å²) >= 11 is 0. The second-order valence-electron chi connectivity index (χ2n) is 5.50. The number of aliphatic hydroxyl groups excluding tert-OH is 1. The van der Waals surface area contributed by atoms with Gasteiger partial charge in [-0.2, -0.15) is 4.57 Å². The number of pyridine rings is 1. The van der Waals surface area contributed by atoms with Crippen LogP contribution in [0.4, 0.5) is 5.69 Å². The summed E-state index contributed by atoms with van der Waals surface area (Å²) in [5, 5.41) is 14.9. The lowest BCUT2D eigenvalue weighted by molar-refractivity contribution is -0.616. The summed E-state index contributed by atoms with van der Waals surface area (Å²) < 4.78 is 2.23. The maximum atomic E-state index is 9.19. The largest absolute Gasteiger partial charge is 1.00 e. The molecule has 5 heteroatoms. The number of H-pyrrole nitrogens is 1. The normalized spacial score (nSPS) is 11.0. The van der Waals surface area contributed by atoms with Gasteiger partial charge >= 0.3 is 0 Å². The summed E-state index contributed by atoms with van der Waals surface area (Å²) in [4.78, 5) is 3.52. The fourth-order valence-corrected chi connectivity index (χ4v) is 3.25. The lowest BCUT2D eigenvalue weighted by Crippen LogP contribution is -3.00. The molecular weight excluding hydrogens is 401 g/mol. The molecule has 0 atom stereocenters. The summed E-state index contributed by atoms with van der Waals surface area (Å²) in [6.45, 7) is 0.638. The van der Waals surface area contributed by atoms with Crippen LogP contribution in [-0.4, -0.2) is 23.2 Å². The molecule has 0 amide bonds. The van der Waals surface area contributed by atoms with Gasteiger partial charge in [-0.3, -0.25) is 0 Å². The Morgan fingerprint density at radius 2 is 1.74 bits per heavy atom. The first-order chi connectivity index (χ1) is 10.8. The highest BCUT2D eigenvalue weighted by Gasteiger charge is 2.21. The first-order valence-electron chi connectivity index (χ1n) is 7.47. The zero-order valence-corrected chi connectivity index (χ0v) is 15.0. The molecule has 0 spiro atoms. The van der Waals surface area contributed by atoms with Gasteiger partial charge in [0.25, 0.3) is 0 Å². The number of hydrogen-bond donors (Lipinski definition) is 3. The van der Waals surface area contributed by atoms with Gasteiger partial charge in [0, 0.05) is 12.6 Å². The van der Waals surface area contributed by atoms with E-state index in [0.29, 0.717) is 6.54 Å². The van der Waals surface area contributed by atoms with Crippen LogP contribution in [0, 0.1) is 0 Å². The molecule has 0 saturated carbocycles. The molecular formula is C18H18IN3O. The maximum Gasteiger partial charge on any atom is 0.240 e. The van der Waals surface area contributed by atoms with Crippen molar-refractivity contribution in [2.24, 2.45) is 7.05 Å². The number of fused-ring (bicyclic) bond motifs is 4. The third-order valence-electron chi connectivity index (χ3n) is 4.21. The van der Waals surface area contributed by atoms with Crippen molar-refractivity contribution < 1.29 is 33.7 Å². The predicted octanol–water partition coefficient (Wildman–Crippen LogP) is -0.293. The van der Waals surface area contributed by atoms with Gasteiger partial charge in [0.05, 0.1) is 28.6 Å². The molecule has 3 N–H and O–H groups in total. The summed E-state index contributed by atoms with van der Waals surface area (Å²) in [5.41, 5.74) is 5.59. The van der Waals surface area contributed by atoms with Crippen molar-refractivity contribution in [3.8, 4) is 0 Å². The molecule has 0 aliphatic carbocycles. The zero-order chi connectivity index (χ0) is 15.1. The summed E-state index contributed by atoms with van der Waals surface area (Å²) in [7, 11) is 2.10. The fourth-order valence-electron chi connectivity index (χ4n) is 3.25. The number of rotatable bonds is 3. The Hall–Kier alpha value is -1.86. The van der Waals surface area contributed by atoms with Gasteiger partial charge in [-0.05, 0) is 18.2 Å². The lowest BCUT2D eigenvalue weighted by Gasteiger charge is -2.09. The fraction of sp³-hybridized carbons (Fsp3) is 0.167. The molecule has 0 saturated heterocycles. The van der Waals surface area contributed by atoms with E-state index in [1.54, 1.807) is 0 Å². The highest BCUT2D eigenvalue weighted by atomic mass is 127. The smallest absolute Gasteiger partial charge is 0.240 e. The molecule has 4 rings (SSSR count). The van der Waals surface area contributed by atoms with E-state index in [-0.39, 0.29) is 30.6 Å². The Balaban J connectivity index is 0.00000156. The van der Waals surface area contributed by atoms with Crippen molar-refractivity contribution in [3.05, 3.63) is 48.5 Å². The van der Waals surface area contributed by atoms with Crippen LogP contribution >= 0.6 is 0 Å². The van der Waals surface area contributed by atoms with Gasteiger partial charge < -0.3 is 39.4 Å². The molecule has 0 bridgehead atoms. The standard InChI is InChI=1S/C18H17N3O.HI/c1-21-15-9-5-3-7-13(15)16(19-10-11-22)17-18(21)12-6-2-4-8-14(12)20-17;/h2-9,22H,10-11H2,1H3,(H,19,20);1H. The highest BCUT2D eigenvalue weighted by Crippen LogP contribution is 2.33. The minimum absolute atomic E-state index is 0. The first-order valence-corrected chi connectivity index (χ1v) is 7.47. The number of benzene rings is 2. The molecule has 0 aliphatic rings. The van der Waals surface area contributed by atoms with Crippen molar-refractivity contribution in [1.29, 1.82) is 0 Å². The third-order valence-corrected chi connectivity index (χ3v) is 4.21. The predicted molar refractivity (Wildman–Crippen MR) is 90.1 cm³/mol. The second-order valence-corrected chi connectivity index (χ2v) is 5.50. The molecule has 23 heavy (non-hydrogen) atoms. The molecule has 4 nitrogen and oxygen atoms in total. The van der Waals surface area contributed by atoms with E-state index in [2.05, 4.69) is 58.3 Å². The monoisotopic (exact) mass is 419 g/mol. The average Bonchev–Trinajstić information content (AvgIpc) is 2.94. The molecule has 0 unspecified atom stereocenters. The van der Waals surface area contributed by atoms with E-state index in [4.69, 9.17) is 0 Å². The average molecular weight is 419 g/mol. The zero-order valence-electron chi connectivity index (χ0n) is 12.8. The number of nitrogens with one attached hydrogen (secondary N) is 2. The van der Waals surface area contributed by atoms with E-state index < -0.39 is 0 Å². The van der Waals surface area contributed by atoms with Crippen LogP contribution in [0.25, 0.3) is 32.8 Å². The van der Waals surface area contributed by atoms with Gasteiger partial charge in [0.1, 0.15) is 12.6 Å². The molecule has 2 heterocycles. The second kappa shape index (κ2) is 6.33. The SMILES string of the molecule is C[n+]1c2ccccc2c(NCCO)c2[nH]c3ccccc3c21.[I-]. The van der Waals surface area contributed by atoms with Gasteiger partial charge in [0.2, 0.25) is 11.0 Å². The van der Waals surface area contributed by atoms with Crippen molar-refractivity contribution in [2.75, 3.05) is 18.5 Å². The topological polar surface area (TPSA) is 51.9 Å². The van der Waals surface area contributed by atoms with E-state index in [9.17, 15) is 5.11 Å². The molecule has 0 aliphatic heterocycles. The summed E-state index contributed by atoms with van der Waals surface area (Å²) in [5.74, 6) is 0. The molecule has 0 radical (unpaired) electrons. The van der Waals surface area contributed by atoms with E-state index in [1.165, 1.54) is 16.4 Å². The van der Waals surface area contributed by atoms with Crippen LogP contribution in [0.15, 0.2) is 48.5 Å². The highest BCUT2D eigenvalue weighted by molar-refractivity contribution is 6.13. The molecule has 2 aromatic carbocycles. The van der Waals surface area contributed by atoms with Gasteiger partial charge in [-0.1, -0.05) is 24.3 Å². The van der Waals surface area contributed by atoms with Crippen LogP contribution in [0.5, 0.6) is 0 Å². The number of aliphatic hydroxyl groups is 1. The minimum Gasteiger partial charge on any atom is -1.00 e. The molecule has 2 aromatic heterocycles. The van der Waals surface area contributed by atoms with Crippen LogP contribution in [0.1, 0.15) is 0 Å². The Morgan fingerprint density at radius 3 is 2.52 bits per heavy atom. The molecule has 118 valence electrons. The number of aryl methyl sites for hydroxylation is 1. The Labute approximate surface area is 151 Å². The van der Waals surface area contributed by atoms with Crippen molar-refractivity contribution in [3.63, 3.8) is 0 Å². The number of aromatic nitrogens is 2. The number of para-hydroxylation sites is 2. The van der Waals surface area contributed by atoms with Gasteiger partial charge in [0.15, 0.2) is 0 Å². The van der Waals surface area contributed by atoms with Gasteiger partial charge in [-0.25, -0.2) is 0 Å². The van der Waals surface area contributed by atoms with E-state index in [0.717, 1.165) is 22.1 Å². The quantitative estimate of drug-likeness (QED) is 0.316. The van der Waals surface area contributed by atoms with Crippen molar-refractivity contribution in [1.82, 2.24) is 4.98 Å². The Morgan fingerprint density at radius 1 is 1.04 bits per heavy atom. The first kappa shape index (κ1) is 16.0. The number of hydrogen-bond acceptors (Lipinski definition) is 2. The summed E-state index contributed by atoms with van der Waals surface area (Å²) in [6.07, 6.45) is 0. The van der Waals surface area contributed by atoms with Crippen LogP contribution in [0.2, 0.25) is 0 Å². The van der Waals surface area contributed by atoms with Crippen molar-refractivity contribution in [2.45, 2.75) is 0 Å². The van der Waals surface area contributed by atoms with E-state index in [1.807, 2.05) is 12.1 Å². The number of nitrogens with zero attached hydrogens (tertiary/aromatic N) is 1. The molecule has 4 aromatic rings. The van der Waals surface area contributed by atoms with Gasteiger partial charge in [-0.15, -0.1) is 0 Å². The Bertz CT molecular complexity index is 994. The third kappa shape index (κ3) is 2.44. The van der Waals surface area contributed by atoms with Crippen molar-refractivity contribution >= 4 is 38.5 Å². The van der Waals surface area contributed by atoms with E-state index >= 15 is 0 Å². The van der Waals surface area contributed by atoms with Crippen LogP contribution in [-0.2, 0) is 7.05 Å². The minimum atomic E-state index is 0. The lowest BCUT2D eigenvalue weighted by atomic mass is 10.1. The summed E-state index contributed by atoms with van der Waals surface area (Å²) in [6, 6.07) is 16.7. The number of anilines is 1. The Kier molecular flexibility index (Phi) is 4.41. The van der Waals surface area contributed by atoms with Crippen LogP contribution in [0.3, 0.4) is 0 Å².